The number of imidazole rings is 1. The first kappa shape index (κ1) is 21.6. The van der Waals surface area contributed by atoms with Gasteiger partial charge in [0.05, 0.1) is 28.1 Å². The summed E-state index contributed by atoms with van der Waals surface area (Å²) in [6, 6.07) is 10.0. The van der Waals surface area contributed by atoms with E-state index < -0.39 is 22.8 Å². The summed E-state index contributed by atoms with van der Waals surface area (Å²) in [5, 5.41) is 4.68. The number of hydrogen-bond donors (Lipinski definition) is 2. The van der Waals surface area contributed by atoms with E-state index in [9.17, 15) is 18.0 Å². The lowest BCUT2D eigenvalue weighted by molar-refractivity contribution is -0.137. The van der Waals surface area contributed by atoms with Crippen molar-refractivity contribution in [1.29, 1.82) is 0 Å². The molecule has 0 fully saturated rings. The maximum Gasteiger partial charge on any atom is 0.417 e. The molecule has 2 aromatic heterocycles. The van der Waals surface area contributed by atoms with Gasteiger partial charge in [-0.05, 0) is 54.4 Å². The van der Waals surface area contributed by atoms with Gasteiger partial charge in [0.15, 0.2) is 0 Å². The number of carbonyl (C=O) groups excluding carboxylic acids is 1. The van der Waals surface area contributed by atoms with E-state index in [1.807, 2.05) is 28.8 Å². The Bertz CT molecular complexity index is 1290. The number of amides is 2. The van der Waals surface area contributed by atoms with Crippen LogP contribution in [0.4, 0.5) is 29.3 Å². The lowest BCUT2D eigenvalue weighted by Crippen LogP contribution is -2.20. The van der Waals surface area contributed by atoms with Gasteiger partial charge in [0, 0.05) is 24.6 Å². The molecule has 2 aromatic carbocycles. The van der Waals surface area contributed by atoms with Crippen LogP contribution in [0.1, 0.15) is 16.7 Å². The SMILES string of the molecule is Cc1ccc2c(ncn2Cc2ccncc2)c1NC(=O)Nc1ccc(Cl)c(C(F)(F)F)c1. The van der Waals surface area contributed by atoms with Gasteiger partial charge < -0.3 is 15.2 Å². The minimum atomic E-state index is -4.63. The molecule has 4 rings (SSSR count). The topological polar surface area (TPSA) is 71.8 Å². The lowest BCUT2D eigenvalue weighted by atomic mass is 10.1. The molecule has 0 aliphatic rings. The molecule has 4 aromatic rings. The Balaban J connectivity index is 1.58. The molecule has 0 bridgehead atoms. The van der Waals surface area contributed by atoms with E-state index in [0.717, 1.165) is 28.8 Å². The van der Waals surface area contributed by atoms with Crippen LogP contribution in [0.3, 0.4) is 0 Å². The number of hydrogen-bond acceptors (Lipinski definition) is 3. The number of anilines is 2. The Hall–Kier alpha value is -3.59. The first-order valence-electron chi connectivity index (χ1n) is 9.50. The number of pyridine rings is 1. The van der Waals surface area contributed by atoms with Gasteiger partial charge in [0.2, 0.25) is 0 Å². The fraction of sp³-hybridized carbons (Fsp3) is 0.136. The second-order valence-electron chi connectivity index (χ2n) is 7.12. The van der Waals surface area contributed by atoms with Crippen LogP contribution < -0.4 is 10.6 Å². The van der Waals surface area contributed by atoms with Crippen molar-refractivity contribution in [2.45, 2.75) is 19.6 Å². The van der Waals surface area contributed by atoms with Crippen molar-refractivity contribution in [2.75, 3.05) is 10.6 Å². The zero-order chi connectivity index (χ0) is 22.9. The summed E-state index contributed by atoms with van der Waals surface area (Å²) in [6.45, 7) is 2.37. The molecule has 10 heteroatoms. The highest BCUT2D eigenvalue weighted by Gasteiger charge is 2.33. The highest BCUT2D eigenvalue weighted by molar-refractivity contribution is 6.31. The third kappa shape index (κ3) is 4.52. The molecule has 32 heavy (non-hydrogen) atoms. The number of halogens is 4. The van der Waals surface area contributed by atoms with Gasteiger partial charge in [0.25, 0.3) is 0 Å². The molecule has 0 aliphatic heterocycles. The molecule has 0 saturated carbocycles. The van der Waals surface area contributed by atoms with Crippen molar-refractivity contribution in [3.63, 3.8) is 0 Å². The van der Waals surface area contributed by atoms with E-state index in [1.54, 1.807) is 25.6 Å². The van der Waals surface area contributed by atoms with Crippen LogP contribution in [0, 0.1) is 6.92 Å². The molecule has 164 valence electrons. The molecule has 6 nitrogen and oxygen atoms in total. The molecule has 0 spiro atoms. The van der Waals surface area contributed by atoms with Crippen LogP contribution in [0.25, 0.3) is 11.0 Å². The standard InChI is InChI=1S/C22H17ClF3N5O/c1-13-2-5-18-20(28-12-31(18)11-14-6-8-27-9-7-14)19(13)30-21(32)29-15-3-4-17(23)16(10-15)22(24,25)26/h2-10,12H,11H2,1H3,(H2,29,30,32). The smallest absolute Gasteiger partial charge is 0.326 e. The second kappa shape index (κ2) is 8.51. The maximum absolute atomic E-state index is 13.1. The van der Waals surface area contributed by atoms with Crippen molar-refractivity contribution in [3.05, 3.63) is 82.9 Å². The van der Waals surface area contributed by atoms with E-state index in [2.05, 4.69) is 20.6 Å². The van der Waals surface area contributed by atoms with E-state index >= 15 is 0 Å². The lowest BCUT2D eigenvalue weighted by Gasteiger charge is -2.14. The highest BCUT2D eigenvalue weighted by atomic mass is 35.5. The van der Waals surface area contributed by atoms with Crippen LogP contribution in [0.15, 0.2) is 61.2 Å². The molecule has 0 radical (unpaired) electrons. The van der Waals surface area contributed by atoms with Gasteiger partial charge in [-0.25, -0.2) is 9.78 Å². The van der Waals surface area contributed by atoms with Crippen LogP contribution in [0.5, 0.6) is 0 Å². The summed E-state index contributed by atoms with van der Waals surface area (Å²) in [5.41, 5.74) is 2.58. The number of fused-ring (bicyclic) bond motifs is 1. The van der Waals surface area contributed by atoms with Gasteiger partial charge in [-0.15, -0.1) is 0 Å². The molecule has 0 aliphatic carbocycles. The number of benzene rings is 2. The quantitative estimate of drug-likeness (QED) is 0.387. The average Bonchev–Trinajstić information content (AvgIpc) is 3.14. The third-order valence-corrected chi connectivity index (χ3v) is 5.20. The zero-order valence-corrected chi connectivity index (χ0v) is 17.5. The molecule has 2 heterocycles. The van der Waals surface area contributed by atoms with E-state index in [4.69, 9.17) is 11.6 Å². The summed E-state index contributed by atoms with van der Waals surface area (Å²) in [4.78, 5) is 21.0. The fourth-order valence-corrected chi connectivity index (χ4v) is 3.52. The van der Waals surface area contributed by atoms with Crippen molar-refractivity contribution in [2.24, 2.45) is 0 Å². The number of urea groups is 1. The highest BCUT2D eigenvalue weighted by Crippen LogP contribution is 2.36. The Morgan fingerprint density at radius 3 is 2.56 bits per heavy atom. The Morgan fingerprint density at radius 2 is 1.84 bits per heavy atom. The van der Waals surface area contributed by atoms with E-state index in [-0.39, 0.29) is 5.69 Å². The van der Waals surface area contributed by atoms with Crippen molar-refractivity contribution >= 4 is 40.0 Å². The number of aromatic nitrogens is 3. The maximum atomic E-state index is 13.1. The van der Waals surface area contributed by atoms with Crippen LogP contribution in [0.2, 0.25) is 5.02 Å². The molecule has 2 amide bonds. The van der Waals surface area contributed by atoms with E-state index in [0.29, 0.717) is 17.7 Å². The van der Waals surface area contributed by atoms with Gasteiger partial charge >= 0.3 is 12.2 Å². The zero-order valence-electron chi connectivity index (χ0n) is 16.7. The normalized spacial score (nSPS) is 11.5. The van der Waals surface area contributed by atoms with Crippen LogP contribution in [-0.4, -0.2) is 20.6 Å². The molecular weight excluding hydrogens is 443 g/mol. The molecule has 2 N–H and O–H groups in total. The van der Waals surface area contributed by atoms with Crippen molar-refractivity contribution in [1.82, 2.24) is 14.5 Å². The predicted octanol–water partition coefficient (Wildman–Crippen LogP) is 6.10. The summed E-state index contributed by atoms with van der Waals surface area (Å²) in [5.74, 6) is 0. The average molecular weight is 460 g/mol. The number of alkyl halides is 3. The summed E-state index contributed by atoms with van der Waals surface area (Å²) < 4.78 is 41.1. The molecule has 0 unspecified atom stereocenters. The Kier molecular flexibility index (Phi) is 5.75. The molecular formula is C22H17ClF3N5O. The minimum Gasteiger partial charge on any atom is -0.326 e. The van der Waals surface area contributed by atoms with Crippen molar-refractivity contribution < 1.29 is 18.0 Å². The minimum absolute atomic E-state index is 0.0349. The summed E-state index contributed by atoms with van der Waals surface area (Å²) >= 11 is 5.63. The first-order chi connectivity index (χ1) is 15.2. The first-order valence-corrected chi connectivity index (χ1v) is 9.88. The predicted molar refractivity (Wildman–Crippen MR) is 117 cm³/mol. The second-order valence-corrected chi connectivity index (χ2v) is 7.53. The van der Waals surface area contributed by atoms with Gasteiger partial charge in [-0.3, -0.25) is 4.98 Å². The fourth-order valence-electron chi connectivity index (χ4n) is 3.30. The number of rotatable bonds is 4. The van der Waals surface area contributed by atoms with Gasteiger partial charge in [0.1, 0.15) is 5.52 Å². The molecule has 0 atom stereocenters. The van der Waals surface area contributed by atoms with Gasteiger partial charge in [-0.1, -0.05) is 17.7 Å². The Morgan fingerprint density at radius 1 is 1.09 bits per heavy atom. The number of carbonyl (C=O) groups is 1. The van der Waals surface area contributed by atoms with Crippen LogP contribution in [-0.2, 0) is 12.7 Å². The number of nitrogens with one attached hydrogen (secondary N) is 2. The van der Waals surface area contributed by atoms with Gasteiger partial charge in [-0.2, -0.15) is 13.2 Å². The van der Waals surface area contributed by atoms with Crippen LogP contribution >= 0.6 is 11.6 Å². The third-order valence-electron chi connectivity index (χ3n) is 4.87. The number of nitrogens with zero attached hydrogens (tertiary/aromatic N) is 3. The van der Waals surface area contributed by atoms with Crippen molar-refractivity contribution in [3.8, 4) is 0 Å². The van der Waals surface area contributed by atoms with E-state index in [1.165, 1.54) is 6.07 Å². The Labute approximate surface area is 186 Å². The molecule has 0 saturated heterocycles. The monoisotopic (exact) mass is 459 g/mol. The summed E-state index contributed by atoms with van der Waals surface area (Å²) in [7, 11) is 0. The number of aryl methyl sites for hydroxylation is 1. The largest absolute Gasteiger partial charge is 0.417 e. The summed E-state index contributed by atoms with van der Waals surface area (Å²) in [6.07, 6.45) is 0.450.